The SMILES string of the molecule is O=C(NC1CC1)c1ccc2nnc(-c3cncc(Cl)c3)n2c1. The monoisotopic (exact) mass is 313 g/mol. The predicted molar refractivity (Wildman–Crippen MR) is 81.7 cm³/mol. The van der Waals surface area contributed by atoms with Gasteiger partial charge in [-0.2, -0.15) is 0 Å². The van der Waals surface area contributed by atoms with Gasteiger partial charge < -0.3 is 5.32 Å². The Morgan fingerprint density at radius 2 is 2.14 bits per heavy atom. The number of rotatable bonds is 3. The zero-order chi connectivity index (χ0) is 15.1. The Bertz CT molecular complexity index is 871. The second-order valence-electron chi connectivity index (χ2n) is 5.31. The fourth-order valence-electron chi connectivity index (χ4n) is 2.25. The van der Waals surface area contributed by atoms with E-state index in [0.717, 1.165) is 18.4 Å². The van der Waals surface area contributed by atoms with E-state index in [1.54, 1.807) is 41.2 Å². The molecule has 4 rings (SSSR count). The summed E-state index contributed by atoms with van der Waals surface area (Å²) >= 11 is 5.97. The van der Waals surface area contributed by atoms with Gasteiger partial charge in [-0.25, -0.2) is 0 Å². The van der Waals surface area contributed by atoms with Gasteiger partial charge in [0.2, 0.25) is 0 Å². The quantitative estimate of drug-likeness (QED) is 0.805. The first-order valence-electron chi connectivity index (χ1n) is 6.97. The molecule has 0 aromatic carbocycles. The van der Waals surface area contributed by atoms with Crippen molar-refractivity contribution in [3.63, 3.8) is 0 Å². The fourth-order valence-corrected chi connectivity index (χ4v) is 2.43. The molecule has 1 amide bonds. The van der Waals surface area contributed by atoms with Crippen LogP contribution < -0.4 is 5.32 Å². The molecule has 0 atom stereocenters. The standard InChI is InChI=1S/C15H12ClN5O/c16-11-5-10(6-17-7-11)14-20-19-13-4-1-9(8-21(13)14)15(22)18-12-2-3-12/h1,4-8,12H,2-3H2,(H,18,22). The van der Waals surface area contributed by atoms with Crippen LogP contribution in [0.1, 0.15) is 23.2 Å². The maximum absolute atomic E-state index is 12.2. The number of aromatic nitrogens is 4. The van der Waals surface area contributed by atoms with Crippen molar-refractivity contribution in [2.75, 3.05) is 0 Å². The lowest BCUT2D eigenvalue weighted by Gasteiger charge is -2.05. The largest absolute Gasteiger partial charge is 0.349 e. The van der Waals surface area contributed by atoms with Crippen molar-refractivity contribution in [3.8, 4) is 11.4 Å². The summed E-state index contributed by atoms with van der Waals surface area (Å²) in [4.78, 5) is 16.2. The molecule has 7 heteroatoms. The Hall–Kier alpha value is -2.47. The van der Waals surface area contributed by atoms with Gasteiger partial charge in [0, 0.05) is 30.2 Å². The summed E-state index contributed by atoms with van der Waals surface area (Å²) in [6, 6.07) is 5.61. The summed E-state index contributed by atoms with van der Waals surface area (Å²) in [6.45, 7) is 0. The van der Waals surface area contributed by atoms with Crippen LogP contribution in [0.2, 0.25) is 5.02 Å². The van der Waals surface area contributed by atoms with Crippen LogP contribution in [0.15, 0.2) is 36.8 Å². The van der Waals surface area contributed by atoms with Crippen LogP contribution in [0.25, 0.3) is 17.0 Å². The Balaban J connectivity index is 1.77. The molecule has 0 radical (unpaired) electrons. The van der Waals surface area contributed by atoms with E-state index in [1.807, 2.05) is 0 Å². The minimum atomic E-state index is -0.0757. The van der Waals surface area contributed by atoms with Crippen LogP contribution in [0.5, 0.6) is 0 Å². The molecule has 0 spiro atoms. The number of halogens is 1. The number of nitrogens with zero attached hydrogens (tertiary/aromatic N) is 4. The second kappa shape index (κ2) is 5.06. The van der Waals surface area contributed by atoms with E-state index in [9.17, 15) is 4.79 Å². The first-order chi connectivity index (χ1) is 10.7. The molecule has 1 aliphatic rings. The van der Waals surface area contributed by atoms with E-state index in [2.05, 4.69) is 20.5 Å². The summed E-state index contributed by atoms with van der Waals surface area (Å²) in [6.07, 6.45) is 7.07. The number of carbonyl (C=O) groups excluding carboxylic acids is 1. The van der Waals surface area contributed by atoms with E-state index >= 15 is 0 Å². The summed E-state index contributed by atoms with van der Waals surface area (Å²) in [5.74, 6) is 0.527. The maximum atomic E-state index is 12.2. The van der Waals surface area contributed by atoms with E-state index in [1.165, 1.54) is 0 Å². The number of fused-ring (bicyclic) bond motifs is 1. The van der Waals surface area contributed by atoms with Gasteiger partial charge in [0.25, 0.3) is 5.91 Å². The highest BCUT2D eigenvalue weighted by Gasteiger charge is 2.24. The minimum absolute atomic E-state index is 0.0757. The average Bonchev–Trinajstić information content (AvgIpc) is 3.23. The van der Waals surface area contributed by atoms with Crippen molar-refractivity contribution in [3.05, 3.63) is 47.4 Å². The van der Waals surface area contributed by atoms with Gasteiger partial charge in [0.05, 0.1) is 10.6 Å². The average molecular weight is 314 g/mol. The van der Waals surface area contributed by atoms with E-state index < -0.39 is 0 Å². The molecule has 1 N–H and O–H groups in total. The van der Waals surface area contributed by atoms with Crippen LogP contribution >= 0.6 is 11.6 Å². The van der Waals surface area contributed by atoms with E-state index in [0.29, 0.717) is 28.1 Å². The van der Waals surface area contributed by atoms with Crippen LogP contribution in [-0.2, 0) is 0 Å². The smallest absolute Gasteiger partial charge is 0.252 e. The molecule has 1 fully saturated rings. The van der Waals surface area contributed by atoms with Crippen LogP contribution in [-0.4, -0.2) is 31.5 Å². The fraction of sp³-hybridized carbons (Fsp3) is 0.200. The zero-order valence-electron chi connectivity index (χ0n) is 11.5. The van der Waals surface area contributed by atoms with Crippen LogP contribution in [0, 0.1) is 0 Å². The highest BCUT2D eigenvalue weighted by molar-refractivity contribution is 6.30. The summed E-state index contributed by atoms with van der Waals surface area (Å²) < 4.78 is 1.77. The van der Waals surface area contributed by atoms with E-state index in [4.69, 9.17) is 11.6 Å². The molecule has 3 heterocycles. The highest BCUT2D eigenvalue weighted by atomic mass is 35.5. The minimum Gasteiger partial charge on any atom is -0.349 e. The molecule has 1 aliphatic carbocycles. The third-order valence-electron chi connectivity index (χ3n) is 3.54. The molecular weight excluding hydrogens is 302 g/mol. The number of hydrogen-bond acceptors (Lipinski definition) is 4. The third kappa shape index (κ3) is 2.42. The van der Waals surface area contributed by atoms with Gasteiger partial charge in [0.15, 0.2) is 11.5 Å². The number of hydrogen-bond donors (Lipinski definition) is 1. The van der Waals surface area contributed by atoms with Crippen molar-refractivity contribution in [2.45, 2.75) is 18.9 Å². The summed E-state index contributed by atoms with van der Waals surface area (Å²) in [7, 11) is 0. The molecule has 0 unspecified atom stereocenters. The Morgan fingerprint density at radius 3 is 2.91 bits per heavy atom. The van der Waals surface area contributed by atoms with Crippen molar-refractivity contribution in [1.29, 1.82) is 0 Å². The van der Waals surface area contributed by atoms with Gasteiger partial charge in [-0.3, -0.25) is 14.2 Å². The second-order valence-corrected chi connectivity index (χ2v) is 5.75. The molecule has 110 valence electrons. The van der Waals surface area contributed by atoms with Crippen molar-refractivity contribution in [2.24, 2.45) is 0 Å². The lowest BCUT2D eigenvalue weighted by molar-refractivity contribution is 0.0950. The summed E-state index contributed by atoms with van der Waals surface area (Å²) in [5.41, 5.74) is 1.99. The van der Waals surface area contributed by atoms with Crippen LogP contribution in [0.4, 0.5) is 0 Å². The third-order valence-corrected chi connectivity index (χ3v) is 3.75. The number of amides is 1. The Morgan fingerprint density at radius 1 is 1.27 bits per heavy atom. The lowest BCUT2D eigenvalue weighted by atomic mass is 10.2. The van der Waals surface area contributed by atoms with Crippen LogP contribution in [0.3, 0.4) is 0 Å². The maximum Gasteiger partial charge on any atom is 0.252 e. The molecule has 22 heavy (non-hydrogen) atoms. The molecule has 0 aliphatic heterocycles. The molecular formula is C15H12ClN5O. The molecule has 6 nitrogen and oxygen atoms in total. The molecule has 1 saturated carbocycles. The Kier molecular flexibility index (Phi) is 3.04. The van der Waals surface area contributed by atoms with Gasteiger partial charge in [-0.1, -0.05) is 11.6 Å². The number of carbonyl (C=O) groups is 1. The first kappa shape index (κ1) is 13.2. The van der Waals surface area contributed by atoms with Crippen molar-refractivity contribution < 1.29 is 4.79 Å². The number of pyridine rings is 2. The molecule has 3 aromatic heterocycles. The van der Waals surface area contributed by atoms with Crippen molar-refractivity contribution in [1.82, 2.24) is 24.9 Å². The van der Waals surface area contributed by atoms with Gasteiger partial charge in [0.1, 0.15) is 0 Å². The topological polar surface area (TPSA) is 72.2 Å². The number of nitrogens with one attached hydrogen (secondary N) is 1. The summed E-state index contributed by atoms with van der Waals surface area (Å²) in [5, 5.41) is 11.8. The predicted octanol–water partition coefficient (Wildman–Crippen LogP) is 2.34. The molecule has 0 saturated heterocycles. The van der Waals surface area contributed by atoms with Gasteiger partial charge in [-0.15, -0.1) is 10.2 Å². The lowest BCUT2D eigenvalue weighted by Crippen LogP contribution is -2.25. The first-order valence-corrected chi connectivity index (χ1v) is 7.35. The Labute approximate surface area is 131 Å². The van der Waals surface area contributed by atoms with Crippen molar-refractivity contribution >= 4 is 23.2 Å². The van der Waals surface area contributed by atoms with Gasteiger partial charge >= 0.3 is 0 Å². The molecule has 0 bridgehead atoms. The highest BCUT2D eigenvalue weighted by Crippen LogP contribution is 2.22. The van der Waals surface area contributed by atoms with Gasteiger partial charge in [-0.05, 0) is 31.0 Å². The zero-order valence-corrected chi connectivity index (χ0v) is 12.3. The normalized spacial score (nSPS) is 14.2. The van der Waals surface area contributed by atoms with E-state index in [-0.39, 0.29) is 5.91 Å². The molecule has 3 aromatic rings.